The third-order valence-electron chi connectivity index (χ3n) is 2.77. The Labute approximate surface area is 113 Å². The first-order valence-corrected chi connectivity index (χ1v) is 7.38. The highest BCUT2D eigenvalue weighted by atomic mass is 35.5. The topological polar surface area (TPSA) is 86.5 Å². The summed E-state index contributed by atoms with van der Waals surface area (Å²) in [5, 5.41) is 1.29. The fourth-order valence-corrected chi connectivity index (χ4v) is 2.69. The monoisotopic (exact) mass is 297 g/mol. The number of rotatable bonds is 2. The van der Waals surface area contributed by atoms with Gasteiger partial charge in [-0.3, -0.25) is 4.57 Å². The molecule has 1 aromatic carbocycles. The maximum absolute atomic E-state index is 11.1. The number of aromatic nitrogens is 1. The Morgan fingerprint density at radius 3 is 2.53 bits per heavy atom. The predicted molar refractivity (Wildman–Crippen MR) is 72.7 cm³/mol. The summed E-state index contributed by atoms with van der Waals surface area (Å²) in [5.74, 6) is 0.291. The molecule has 0 aliphatic heterocycles. The lowest BCUT2D eigenvalue weighted by molar-refractivity contribution is 0.377. The molecule has 3 N–H and O–H groups in total. The zero-order valence-electron chi connectivity index (χ0n) is 9.50. The number of fused-ring (bicyclic) bond motifs is 1. The van der Waals surface area contributed by atoms with Gasteiger partial charge in [-0.1, -0.05) is 29.8 Å². The molecule has 0 aliphatic rings. The lowest BCUT2D eigenvalue weighted by Crippen LogP contribution is -1.98. The van der Waals surface area contributed by atoms with E-state index in [1.54, 1.807) is 0 Å². The highest BCUT2D eigenvalue weighted by Crippen LogP contribution is 2.38. The number of hydrogen-bond donors (Lipinski definition) is 3. The van der Waals surface area contributed by atoms with Crippen LogP contribution < -0.4 is 5.50 Å². The van der Waals surface area contributed by atoms with Gasteiger partial charge in [0.25, 0.3) is 0 Å². The molecule has 0 unspecified atom stereocenters. The van der Waals surface area contributed by atoms with Crippen LogP contribution in [0.15, 0.2) is 40.8 Å². The first-order chi connectivity index (χ1) is 8.97. The van der Waals surface area contributed by atoms with Crippen molar-refractivity contribution in [2.24, 2.45) is 0 Å². The van der Waals surface area contributed by atoms with E-state index >= 15 is 0 Å². The van der Waals surface area contributed by atoms with Crippen molar-refractivity contribution in [1.82, 2.24) is 4.98 Å². The van der Waals surface area contributed by atoms with Gasteiger partial charge in [0.2, 0.25) is 5.50 Å². The molecule has 2 heterocycles. The third-order valence-corrected chi connectivity index (χ3v) is 3.98. The minimum atomic E-state index is -4.39. The summed E-state index contributed by atoms with van der Waals surface area (Å²) in [4.78, 5) is 21.1. The van der Waals surface area contributed by atoms with Gasteiger partial charge in [-0.25, -0.2) is 0 Å². The second-order valence-electron chi connectivity index (χ2n) is 4.04. The fourth-order valence-electron chi connectivity index (χ4n) is 1.90. The van der Waals surface area contributed by atoms with Crippen molar-refractivity contribution in [3.05, 3.63) is 41.4 Å². The minimum Gasteiger partial charge on any atom is -0.447 e. The maximum Gasteiger partial charge on any atom is 0.391 e. The van der Waals surface area contributed by atoms with Crippen LogP contribution in [0, 0.1) is 0 Å². The van der Waals surface area contributed by atoms with Gasteiger partial charge >= 0.3 is 7.60 Å². The Balaban J connectivity index is 2.17. The van der Waals surface area contributed by atoms with Crippen molar-refractivity contribution >= 4 is 35.6 Å². The lowest BCUT2D eigenvalue weighted by Gasteiger charge is -1.98. The van der Waals surface area contributed by atoms with E-state index in [0.717, 1.165) is 10.9 Å². The molecular formula is C12H9ClNO4P. The van der Waals surface area contributed by atoms with Gasteiger partial charge < -0.3 is 19.2 Å². The van der Waals surface area contributed by atoms with Gasteiger partial charge in [0.1, 0.15) is 5.69 Å². The molecular weight excluding hydrogens is 289 g/mol. The number of para-hydroxylation sites is 1. The van der Waals surface area contributed by atoms with Crippen LogP contribution in [0.5, 0.6) is 0 Å². The number of halogens is 1. The van der Waals surface area contributed by atoms with Gasteiger partial charge in [0, 0.05) is 10.9 Å². The largest absolute Gasteiger partial charge is 0.447 e. The number of hydrogen-bond acceptors (Lipinski definition) is 2. The smallest absolute Gasteiger partial charge is 0.391 e. The molecule has 98 valence electrons. The Hall–Kier alpha value is -1.52. The summed E-state index contributed by atoms with van der Waals surface area (Å²) >= 11 is 6.23. The van der Waals surface area contributed by atoms with E-state index < -0.39 is 7.60 Å². The molecule has 0 fully saturated rings. The molecule has 0 spiro atoms. The van der Waals surface area contributed by atoms with Crippen molar-refractivity contribution in [2.75, 3.05) is 0 Å². The fraction of sp³-hybridized carbons (Fsp3) is 0. The summed E-state index contributed by atoms with van der Waals surface area (Å²) in [5.41, 5.74) is 0.955. The maximum atomic E-state index is 11.1. The summed E-state index contributed by atoms with van der Waals surface area (Å²) < 4.78 is 16.3. The van der Waals surface area contributed by atoms with Crippen LogP contribution in [0.2, 0.25) is 5.02 Å². The van der Waals surface area contributed by atoms with Gasteiger partial charge in [0.15, 0.2) is 5.76 Å². The highest BCUT2D eigenvalue weighted by molar-refractivity contribution is 7.59. The van der Waals surface area contributed by atoms with Crippen LogP contribution in [-0.2, 0) is 4.57 Å². The summed E-state index contributed by atoms with van der Waals surface area (Å²) in [6.45, 7) is 0. The minimum absolute atomic E-state index is 0.291. The summed E-state index contributed by atoms with van der Waals surface area (Å²) in [7, 11) is -4.39. The molecule has 0 saturated heterocycles. The van der Waals surface area contributed by atoms with Gasteiger partial charge in [-0.2, -0.15) is 0 Å². The molecule has 0 aliphatic carbocycles. The van der Waals surface area contributed by atoms with E-state index in [2.05, 4.69) is 4.98 Å². The number of nitrogens with one attached hydrogen (secondary N) is 1. The molecule has 3 rings (SSSR count). The molecule has 19 heavy (non-hydrogen) atoms. The van der Waals surface area contributed by atoms with Crippen LogP contribution in [0.3, 0.4) is 0 Å². The normalized spacial score (nSPS) is 12.2. The van der Waals surface area contributed by atoms with E-state index in [-0.39, 0.29) is 5.50 Å². The lowest BCUT2D eigenvalue weighted by atomic mass is 10.2. The molecule has 0 saturated carbocycles. The van der Waals surface area contributed by atoms with Crippen LogP contribution in [-0.4, -0.2) is 14.8 Å². The average molecular weight is 298 g/mol. The van der Waals surface area contributed by atoms with E-state index in [9.17, 15) is 4.57 Å². The molecule has 2 aromatic heterocycles. The first-order valence-electron chi connectivity index (χ1n) is 5.39. The Bertz CT molecular complexity index is 801. The second-order valence-corrected chi connectivity index (χ2v) is 5.95. The Kier molecular flexibility index (Phi) is 2.80. The molecule has 0 atom stereocenters. The van der Waals surface area contributed by atoms with E-state index in [0.29, 0.717) is 16.5 Å². The van der Waals surface area contributed by atoms with Crippen LogP contribution in [0.25, 0.3) is 22.4 Å². The van der Waals surface area contributed by atoms with Crippen molar-refractivity contribution in [2.45, 2.75) is 0 Å². The van der Waals surface area contributed by atoms with E-state index in [1.807, 2.05) is 24.3 Å². The zero-order chi connectivity index (χ0) is 13.6. The summed E-state index contributed by atoms with van der Waals surface area (Å²) in [6.07, 6.45) is 0. The quantitative estimate of drug-likeness (QED) is 0.635. The second kappa shape index (κ2) is 4.25. The molecule has 0 amide bonds. The van der Waals surface area contributed by atoms with E-state index in [4.69, 9.17) is 25.8 Å². The Morgan fingerprint density at radius 2 is 1.89 bits per heavy atom. The molecule has 3 aromatic rings. The average Bonchev–Trinajstić information content (AvgIpc) is 2.94. The van der Waals surface area contributed by atoms with Crippen molar-refractivity contribution in [1.29, 1.82) is 0 Å². The SMILES string of the molecule is O=P(O)(O)c1ccc(-c2[nH]c3ccccc3c2Cl)o1. The van der Waals surface area contributed by atoms with Gasteiger partial charge in [0.05, 0.1) is 5.02 Å². The molecule has 0 bridgehead atoms. The number of H-pyrrole nitrogens is 1. The highest BCUT2D eigenvalue weighted by Gasteiger charge is 2.23. The molecule has 0 radical (unpaired) electrons. The van der Waals surface area contributed by atoms with Crippen LogP contribution in [0.1, 0.15) is 0 Å². The van der Waals surface area contributed by atoms with Gasteiger partial charge in [-0.05, 0) is 18.2 Å². The van der Waals surface area contributed by atoms with Crippen molar-refractivity contribution in [3.8, 4) is 11.5 Å². The summed E-state index contributed by atoms with van der Waals surface area (Å²) in [6, 6.07) is 10.2. The van der Waals surface area contributed by atoms with Crippen LogP contribution in [0.4, 0.5) is 0 Å². The van der Waals surface area contributed by atoms with Gasteiger partial charge in [-0.15, -0.1) is 0 Å². The number of aromatic amines is 1. The molecule has 7 heteroatoms. The van der Waals surface area contributed by atoms with Crippen molar-refractivity contribution < 1.29 is 18.8 Å². The van der Waals surface area contributed by atoms with E-state index in [1.165, 1.54) is 12.1 Å². The first kappa shape index (κ1) is 12.5. The third kappa shape index (κ3) is 2.11. The Morgan fingerprint density at radius 1 is 1.16 bits per heavy atom. The zero-order valence-corrected chi connectivity index (χ0v) is 11.2. The number of furan rings is 1. The predicted octanol–water partition coefficient (Wildman–Crippen LogP) is 2.88. The van der Waals surface area contributed by atoms with Crippen LogP contribution >= 0.6 is 19.2 Å². The molecule has 5 nitrogen and oxygen atoms in total. The standard InChI is InChI=1S/C12H9ClNO4P/c13-11-7-3-1-2-4-8(7)14-12(11)9-5-6-10(18-9)19(15,16)17/h1-6,14H,(H2,15,16,17). The van der Waals surface area contributed by atoms with Crippen molar-refractivity contribution in [3.63, 3.8) is 0 Å². The number of benzene rings is 1.